The predicted octanol–water partition coefficient (Wildman–Crippen LogP) is 3.55. The highest BCUT2D eigenvalue weighted by Crippen LogP contribution is 2.23. The van der Waals surface area contributed by atoms with E-state index in [4.69, 9.17) is 0 Å². The molecule has 2 rings (SSSR count). The molecular formula is C21H28N2O2. The van der Waals surface area contributed by atoms with Crippen LogP contribution >= 0.6 is 0 Å². The number of nitrogens with zero attached hydrogens (tertiary/aromatic N) is 1. The van der Waals surface area contributed by atoms with Crippen molar-refractivity contribution in [2.45, 2.75) is 51.6 Å². The number of rotatable bonds is 7. The molecule has 1 amide bonds. The molecule has 0 fully saturated rings. The lowest BCUT2D eigenvalue weighted by molar-refractivity contribution is -0.121. The molecule has 1 heterocycles. The fourth-order valence-electron chi connectivity index (χ4n) is 2.60. The fraction of sp³-hybridized carbons (Fsp3) is 0.429. The van der Waals surface area contributed by atoms with Gasteiger partial charge in [-0.2, -0.15) is 0 Å². The second-order valence-electron chi connectivity index (χ2n) is 7.37. The van der Waals surface area contributed by atoms with Crippen molar-refractivity contribution < 1.29 is 9.90 Å². The van der Waals surface area contributed by atoms with Crippen LogP contribution in [0.3, 0.4) is 0 Å². The van der Waals surface area contributed by atoms with Gasteiger partial charge in [0.25, 0.3) is 0 Å². The topological polar surface area (TPSA) is 62.2 Å². The van der Waals surface area contributed by atoms with Gasteiger partial charge in [-0.25, -0.2) is 0 Å². The number of aliphatic hydroxyl groups is 1. The van der Waals surface area contributed by atoms with E-state index in [2.05, 4.69) is 31.1 Å². The monoisotopic (exact) mass is 340 g/mol. The number of nitrogens with one attached hydrogen (secondary N) is 1. The first-order valence-corrected chi connectivity index (χ1v) is 8.81. The second-order valence-corrected chi connectivity index (χ2v) is 7.37. The van der Waals surface area contributed by atoms with E-state index in [1.807, 2.05) is 42.5 Å². The van der Waals surface area contributed by atoms with E-state index in [0.717, 1.165) is 24.1 Å². The predicted molar refractivity (Wildman–Crippen MR) is 100 cm³/mol. The maximum Gasteiger partial charge on any atom is 0.220 e. The summed E-state index contributed by atoms with van der Waals surface area (Å²) in [7, 11) is 0. The van der Waals surface area contributed by atoms with Crippen molar-refractivity contribution in [2.24, 2.45) is 0 Å². The summed E-state index contributed by atoms with van der Waals surface area (Å²) in [6.07, 6.45) is 3.04. The van der Waals surface area contributed by atoms with Gasteiger partial charge in [0.2, 0.25) is 5.91 Å². The van der Waals surface area contributed by atoms with Crippen LogP contribution in [0.2, 0.25) is 0 Å². The Morgan fingerprint density at radius 3 is 2.48 bits per heavy atom. The van der Waals surface area contributed by atoms with Gasteiger partial charge in [-0.05, 0) is 41.5 Å². The molecule has 0 saturated heterocycles. The molecule has 0 bridgehead atoms. The third kappa shape index (κ3) is 6.31. The summed E-state index contributed by atoms with van der Waals surface area (Å²) in [6, 6.07) is 13.7. The Balaban J connectivity index is 1.73. The summed E-state index contributed by atoms with van der Waals surface area (Å²) in [5, 5.41) is 13.0. The lowest BCUT2D eigenvalue weighted by Crippen LogP contribution is -2.28. The Bertz CT molecular complexity index is 661. The first kappa shape index (κ1) is 19.1. The van der Waals surface area contributed by atoms with Crippen LogP contribution in [0.1, 0.15) is 56.5 Å². The number of amides is 1. The maximum absolute atomic E-state index is 11.9. The van der Waals surface area contributed by atoms with Crippen LogP contribution in [0.4, 0.5) is 0 Å². The molecule has 0 aliphatic rings. The molecule has 1 unspecified atom stereocenters. The Labute approximate surface area is 150 Å². The minimum Gasteiger partial charge on any atom is -0.387 e. The third-order valence-electron chi connectivity index (χ3n) is 4.22. The number of carbonyl (C=O) groups is 1. The summed E-state index contributed by atoms with van der Waals surface area (Å²) >= 11 is 0. The van der Waals surface area contributed by atoms with Gasteiger partial charge in [0.1, 0.15) is 0 Å². The average molecular weight is 340 g/mol. The SMILES string of the molecule is CC(C)(C)c1ccc(C(O)CNC(=O)CCCc2ccccn2)cc1. The standard InChI is InChI=1S/C21H28N2O2/c1-21(2,3)17-12-10-16(11-13-17)19(24)15-23-20(25)9-6-8-18-7-4-5-14-22-18/h4-5,7,10-14,19,24H,6,8-9,15H2,1-3H3,(H,23,25). The fourth-order valence-corrected chi connectivity index (χ4v) is 2.60. The number of aromatic nitrogens is 1. The molecule has 0 aliphatic heterocycles. The van der Waals surface area contributed by atoms with Crippen molar-refractivity contribution in [2.75, 3.05) is 6.54 Å². The molecule has 4 nitrogen and oxygen atoms in total. The summed E-state index contributed by atoms with van der Waals surface area (Å²) in [4.78, 5) is 16.2. The first-order chi connectivity index (χ1) is 11.9. The Hall–Kier alpha value is -2.20. The molecular weight excluding hydrogens is 312 g/mol. The molecule has 1 aromatic heterocycles. The number of aryl methyl sites for hydroxylation is 1. The van der Waals surface area contributed by atoms with Gasteiger partial charge in [0, 0.05) is 24.9 Å². The molecule has 0 aliphatic carbocycles. The van der Waals surface area contributed by atoms with Crippen LogP contribution in [0.15, 0.2) is 48.7 Å². The van der Waals surface area contributed by atoms with Crippen molar-refractivity contribution in [3.63, 3.8) is 0 Å². The summed E-state index contributed by atoms with van der Waals surface area (Å²) in [5.41, 5.74) is 3.13. The molecule has 1 aromatic carbocycles. The molecule has 0 saturated carbocycles. The van der Waals surface area contributed by atoms with Crippen LogP contribution in [0.25, 0.3) is 0 Å². The Kier molecular flexibility index (Phi) is 6.71. The van der Waals surface area contributed by atoms with E-state index in [1.54, 1.807) is 6.20 Å². The van der Waals surface area contributed by atoms with Crippen LogP contribution in [0, 0.1) is 0 Å². The zero-order chi connectivity index (χ0) is 18.3. The van der Waals surface area contributed by atoms with Gasteiger partial charge in [0.15, 0.2) is 0 Å². The van der Waals surface area contributed by atoms with E-state index in [9.17, 15) is 9.90 Å². The van der Waals surface area contributed by atoms with Crippen molar-refractivity contribution in [1.82, 2.24) is 10.3 Å². The maximum atomic E-state index is 11.9. The van der Waals surface area contributed by atoms with Crippen LogP contribution in [0.5, 0.6) is 0 Å². The van der Waals surface area contributed by atoms with E-state index < -0.39 is 6.10 Å². The number of hydrogen-bond acceptors (Lipinski definition) is 3. The highest BCUT2D eigenvalue weighted by atomic mass is 16.3. The van der Waals surface area contributed by atoms with Gasteiger partial charge < -0.3 is 10.4 Å². The second kappa shape index (κ2) is 8.77. The smallest absolute Gasteiger partial charge is 0.220 e. The summed E-state index contributed by atoms with van der Waals surface area (Å²) < 4.78 is 0. The average Bonchev–Trinajstić information content (AvgIpc) is 2.60. The molecule has 2 N–H and O–H groups in total. The molecule has 0 radical (unpaired) electrons. The van der Waals surface area contributed by atoms with E-state index in [0.29, 0.717) is 6.42 Å². The number of pyridine rings is 1. The summed E-state index contributed by atoms with van der Waals surface area (Å²) in [5.74, 6) is -0.0405. The lowest BCUT2D eigenvalue weighted by Gasteiger charge is -2.20. The van der Waals surface area contributed by atoms with Crippen molar-refractivity contribution in [3.8, 4) is 0 Å². The molecule has 4 heteroatoms. The number of carbonyl (C=O) groups excluding carboxylic acids is 1. The molecule has 25 heavy (non-hydrogen) atoms. The Morgan fingerprint density at radius 2 is 1.88 bits per heavy atom. The van der Waals surface area contributed by atoms with Gasteiger partial charge in [-0.15, -0.1) is 0 Å². The number of benzene rings is 1. The van der Waals surface area contributed by atoms with Gasteiger partial charge in [0.05, 0.1) is 6.10 Å². The highest BCUT2D eigenvalue weighted by Gasteiger charge is 2.15. The van der Waals surface area contributed by atoms with Crippen LogP contribution < -0.4 is 5.32 Å². The third-order valence-corrected chi connectivity index (χ3v) is 4.22. The van der Waals surface area contributed by atoms with Crippen molar-refractivity contribution in [1.29, 1.82) is 0 Å². The van der Waals surface area contributed by atoms with Crippen molar-refractivity contribution in [3.05, 3.63) is 65.5 Å². The van der Waals surface area contributed by atoms with Crippen LogP contribution in [-0.4, -0.2) is 22.5 Å². The highest BCUT2D eigenvalue weighted by molar-refractivity contribution is 5.75. The van der Waals surface area contributed by atoms with Gasteiger partial charge >= 0.3 is 0 Å². The van der Waals surface area contributed by atoms with E-state index in [-0.39, 0.29) is 17.9 Å². The zero-order valence-corrected chi connectivity index (χ0v) is 15.3. The number of aliphatic hydroxyl groups excluding tert-OH is 1. The quantitative estimate of drug-likeness (QED) is 0.810. The van der Waals surface area contributed by atoms with Crippen LogP contribution in [-0.2, 0) is 16.6 Å². The normalized spacial score (nSPS) is 12.6. The number of hydrogen-bond donors (Lipinski definition) is 2. The minimum absolute atomic E-state index is 0.0405. The Morgan fingerprint density at radius 1 is 1.16 bits per heavy atom. The summed E-state index contributed by atoms with van der Waals surface area (Å²) in [6.45, 7) is 6.70. The van der Waals surface area contributed by atoms with E-state index in [1.165, 1.54) is 5.56 Å². The molecule has 1 atom stereocenters. The van der Waals surface area contributed by atoms with Gasteiger partial charge in [-0.3, -0.25) is 9.78 Å². The lowest BCUT2D eigenvalue weighted by atomic mass is 9.86. The largest absolute Gasteiger partial charge is 0.387 e. The van der Waals surface area contributed by atoms with E-state index >= 15 is 0 Å². The minimum atomic E-state index is -0.686. The zero-order valence-electron chi connectivity index (χ0n) is 15.3. The van der Waals surface area contributed by atoms with Crippen molar-refractivity contribution >= 4 is 5.91 Å². The molecule has 134 valence electrons. The first-order valence-electron chi connectivity index (χ1n) is 8.81. The molecule has 2 aromatic rings. The van der Waals surface area contributed by atoms with Gasteiger partial charge in [-0.1, -0.05) is 51.1 Å². The molecule has 0 spiro atoms.